The first-order valence-electron chi connectivity index (χ1n) is 5.90. The van der Waals surface area contributed by atoms with Crippen LogP contribution in [0.15, 0.2) is 18.2 Å². The van der Waals surface area contributed by atoms with Crippen LogP contribution in [0.3, 0.4) is 0 Å². The van der Waals surface area contributed by atoms with Crippen molar-refractivity contribution in [2.75, 3.05) is 23.8 Å². The second-order valence-corrected chi connectivity index (χ2v) is 4.89. The molecular formula is C13H20N2O. The van der Waals surface area contributed by atoms with Gasteiger partial charge in [0.15, 0.2) is 0 Å². The van der Waals surface area contributed by atoms with Crippen LogP contribution in [0.5, 0.6) is 5.75 Å². The Bertz CT molecular complexity index is 374. The van der Waals surface area contributed by atoms with Gasteiger partial charge in [0.05, 0.1) is 12.3 Å². The van der Waals surface area contributed by atoms with E-state index < -0.39 is 0 Å². The number of ether oxygens (including phenoxy) is 1. The molecule has 3 heteroatoms. The number of nitrogens with one attached hydrogen (secondary N) is 2. The summed E-state index contributed by atoms with van der Waals surface area (Å²) in [4.78, 5) is 0. The van der Waals surface area contributed by atoms with Crippen molar-refractivity contribution in [2.24, 2.45) is 0 Å². The average molecular weight is 220 g/mol. The first kappa shape index (κ1) is 11.1. The molecule has 0 amide bonds. The average Bonchev–Trinajstić information content (AvgIpc) is 2.24. The monoisotopic (exact) mass is 220 g/mol. The Morgan fingerprint density at radius 1 is 1.38 bits per heavy atom. The molecule has 0 unspecified atom stereocenters. The van der Waals surface area contributed by atoms with Gasteiger partial charge in [-0.1, -0.05) is 13.0 Å². The molecule has 2 rings (SSSR count). The van der Waals surface area contributed by atoms with Crippen molar-refractivity contribution in [1.29, 1.82) is 0 Å². The van der Waals surface area contributed by atoms with E-state index in [1.54, 1.807) is 0 Å². The van der Waals surface area contributed by atoms with Crippen LogP contribution >= 0.6 is 0 Å². The van der Waals surface area contributed by atoms with Gasteiger partial charge in [-0.05, 0) is 32.4 Å². The maximum atomic E-state index is 5.72. The molecule has 0 aliphatic carbocycles. The smallest absolute Gasteiger partial charge is 0.144 e. The lowest BCUT2D eigenvalue weighted by Gasteiger charge is -2.35. The van der Waals surface area contributed by atoms with Crippen molar-refractivity contribution in [1.82, 2.24) is 0 Å². The standard InChI is InChI=1S/C13H20N2O/c1-4-8-16-11-7-5-6-10-12(11)14-9-13(2,3)15-10/h5-7,14-15H,4,8-9H2,1-3H3. The molecule has 1 aliphatic rings. The van der Waals surface area contributed by atoms with Crippen LogP contribution in [0.1, 0.15) is 27.2 Å². The van der Waals surface area contributed by atoms with Crippen molar-refractivity contribution < 1.29 is 4.74 Å². The number of rotatable bonds is 3. The van der Waals surface area contributed by atoms with E-state index in [1.165, 1.54) is 0 Å². The minimum atomic E-state index is 0.0936. The summed E-state index contributed by atoms with van der Waals surface area (Å²) < 4.78 is 5.72. The van der Waals surface area contributed by atoms with Gasteiger partial charge in [-0.25, -0.2) is 0 Å². The van der Waals surface area contributed by atoms with Gasteiger partial charge in [-0.2, -0.15) is 0 Å². The fourth-order valence-electron chi connectivity index (χ4n) is 1.87. The van der Waals surface area contributed by atoms with Gasteiger partial charge < -0.3 is 15.4 Å². The highest BCUT2D eigenvalue weighted by Crippen LogP contribution is 2.37. The van der Waals surface area contributed by atoms with Crippen LogP contribution < -0.4 is 15.4 Å². The summed E-state index contributed by atoms with van der Waals surface area (Å²) in [5.41, 5.74) is 2.32. The molecule has 0 spiro atoms. The minimum Gasteiger partial charge on any atom is -0.491 e. The molecule has 88 valence electrons. The van der Waals surface area contributed by atoms with Gasteiger partial charge in [0.25, 0.3) is 0 Å². The molecule has 0 saturated heterocycles. The highest BCUT2D eigenvalue weighted by Gasteiger charge is 2.25. The molecule has 3 nitrogen and oxygen atoms in total. The molecule has 0 saturated carbocycles. The Morgan fingerprint density at radius 3 is 2.94 bits per heavy atom. The number of fused-ring (bicyclic) bond motifs is 1. The molecule has 0 atom stereocenters. The number of anilines is 2. The summed E-state index contributed by atoms with van der Waals surface area (Å²) in [6, 6.07) is 6.13. The molecule has 1 aliphatic heterocycles. The van der Waals surface area contributed by atoms with E-state index in [0.29, 0.717) is 0 Å². The van der Waals surface area contributed by atoms with Gasteiger partial charge in [0.2, 0.25) is 0 Å². The lowest BCUT2D eigenvalue weighted by molar-refractivity contribution is 0.318. The molecule has 2 N–H and O–H groups in total. The molecule has 0 bridgehead atoms. The Labute approximate surface area is 97.2 Å². The summed E-state index contributed by atoms with van der Waals surface area (Å²) in [6.45, 7) is 8.16. The number of para-hydroxylation sites is 1. The molecular weight excluding hydrogens is 200 g/mol. The van der Waals surface area contributed by atoms with Crippen LogP contribution in [0.25, 0.3) is 0 Å². The van der Waals surface area contributed by atoms with Crippen molar-refractivity contribution in [2.45, 2.75) is 32.7 Å². The molecule has 1 aromatic carbocycles. The molecule has 0 radical (unpaired) electrons. The van der Waals surface area contributed by atoms with Crippen LogP contribution in [-0.4, -0.2) is 18.7 Å². The van der Waals surface area contributed by atoms with Gasteiger partial charge in [-0.3, -0.25) is 0 Å². The zero-order chi connectivity index (χ0) is 11.6. The van der Waals surface area contributed by atoms with E-state index in [0.717, 1.165) is 36.7 Å². The zero-order valence-corrected chi connectivity index (χ0v) is 10.3. The quantitative estimate of drug-likeness (QED) is 0.821. The van der Waals surface area contributed by atoms with Crippen LogP contribution in [0.2, 0.25) is 0 Å². The Hall–Kier alpha value is -1.38. The van der Waals surface area contributed by atoms with E-state index in [9.17, 15) is 0 Å². The first-order chi connectivity index (χ1) is 7.62. The number of hydrogen-bond acceptors (Lipinski definition) is 3. The van der Waals surface area contributed by atoms with Gasteiger partial charge in [-0.15, -0.1) is 0 Å². The lowest BCUT2D eigenvalue weighted by Crippen LogP contribution is -2.42. The molecule has 0 aromatic heterocycles. The third-order valence-corrected chi connectivity index (χ3v) is 2.67. The normalized spacial score (nSPS) is 16.9. The SMILES string of the molecule is CCCOc1cccc2c1NCC(C)(C)N2. The molecule has 0 fully saturated rings. The second kappa shape index (κ2) is 4.24. The van der Waals surface area contributed by atoms with Crippen molar-refractivity contribution >= 4 is 11.4 Å². The highest BCUT2D eigenvalue weighted by atomic mass is 16.5. The third kappa shape index (κ3) is 2.23. The van der Waals surface area contributed by atoms with Crippen LogP contribution in [-0.2, 0) is 0 Å². The van der Waals surface area contributed by atoms with Crippen LogP contribution in [0, 0.1) is 0 Å². The third-order valence-electron chi connectivity index (χ3n) is 2.67. The van der Waals surface area contributed by atoms with E-state index in [1.807, 2.05) is 12.1 Å². The minimum absolute atomic E-state index is 0.0936. The fourth-order valence-corrected chi connectivity index (χ4v) is 1.87. The molecule has 16 heavy (non-hydrogen) atoms. The summed E-state index contributed by atoms with van der Waals surface area (Å²) in [7, 11) is 0. The predicted molar refractivity (Wildman–Crippen MR) is 68.4 cm³/mol. The first-order valence-corrected chi connectivity index (χ1v) is 5.90. The van der Waals surface area contributed by atoms with Gasteiger partial charge >= 0.3 is 0 Å². The predicted octanol–water partition coefficient (Wildman–Crippen LogP) is 3.09. The van der Waals surface area contributed by atoms with Crippen molar-refractivity contribution in [3.05, 3.63) is 18.2 Å². The number of hydrogen-bond donors (Lipinski definition) is 2. The van der Waals surface area contributed by atoms with Gasteiger partial charge in [0, 0.05) is 12.1 Å². The van der Waals surface area contributed by atoms with Crippen LogP contribution in [0.4, 0.5) is 11.4 Å². The number of benzene rings is 1. The van der Waals surface area contributed by atoms with E-state index in [4.69, 9.17) is 4.74 Å². The molecule has 1 aromatic rings. The maximum absolute atomic E-state index is 5.72. The Kier molecular flexibility index (Phi) is 2.95. The zero-order valence-electron chi connectivity index (χ0n) is 10.3. The summed E-state index contributed by atoms with van der Waals surface area (Å²) in [5.74, 6) is 0.947. The molecule has 1 heterocycles. The van der Waals surface area contributed by atoms with E-state index >= 15 is 0 Å². The summed E-state index contributed by atoms with van der Waals surface area (Å²) in [5, 5.41) is 6.95. The topological polar surface area (TPSA) is 33.3 Å². The lowest BCUT2D eigenvalue weighted by atomic mass is 10.0. The van der Waals surface area contributed by atoms with E-state index in [-0.39, 0.29) is 5.54 Å². The Morgan fingerprint density at radius 2 is 2.19 bits per heavy atom. The fraction of sp³-hybridized carbons (Fsp3) is 0.538. The van der Waals surface area contributed by atoms with Crippen molar-refractivity contribution in [3.8, 4) is 5.75 Å². The van der Waals surface area contributed by atoms with Gasteiger partial charge in [0.1, 0.15) is 11.4 Å². The van der Waals surface area contributed by atoms with E-state index in [2.05, 4.69) is 37.5 Å². The summed E-state index contributed by atoms with van der Waals surface area (Å²) >= 11 is 0. The second-order valence-electron chi connectivity index (χ2n) is 4.89. The van der Waals surface area contributed by atoms with Crippen molar-refractivity contribution in [3.63, 3.8) is 0 Å². The maximum Gasteiger partial charge on any atom is 0.144 e. The largest absolute Gasteiger partial charge is 0.491 e. The summed E-state index contributed by atoms with van der Waals surface area (Å²) in [6.07, 6.45) is 1.03. The Balaban J connectivity index is 2.24. The highest BCUT2D eigenvalue weighted by molar-refractivity contribution is 5.78.